The van der Waals surface area contributed by atoms with E-state index in [0.717, 1.165) is 24.8 Å². The molecular weight excluding hydrogens is 275 g/mol. The Labute approximate surface area is 122 Å². The Kier molecular flexibility index (Phi) is 4.77. The summed E-state index contributed by atoms with van der Waals surface area (Å²) in [5.74, 6) is -1.54. The smallest absolute Gasteiger partial charge is 0.326 e. The van der Waals surface area contributed by atoms with Crippen LogP contribution in [0.25, 0.3) is 0 Å². The van der Waals surface area contributed by atoms with E-state index in [-0.39, 0.29) is 5.69 Å². The number of benzene rings is 1. The summed E-state index contributed by atoms with van der Waals surface area (Å²) >= 11 is 0. The summed E-state index contributed by atoms with van der Waals surface area (Å²) < 4.78 is 13.8. The van der Waals surface area contributed by atoms with Gasteiger partial charge < -0.3 is 15.3 Å². The molecule has 2 rings (SSSR count). The second-order valence-electron chi connectivity index (χ2n) is 5.31. The molecule has 1 aromatic rings. The predicted molar refractivity (Wildman–Crippen MR) is 76.8 cm³/mol. The van der Waals surface area contributed by atoms with E-state index >= 15 is 0 Å². The van der Waals surface area contributed by atoms with E-state index < -0.39 is 23.9 Å². The Bertz CT molecular complexity index is 548. The second kappa shape index (κ2) is 6.56. The van der Waals surface area contributed by atoms with Crippen molar-refractivity contribution in [3.05, 3.63) is 29.6 Å². The molecule has 0 bridgehead atoms. The molecule has 1 unspecified atom stereocenters. The number of carboxylic acid groups (broad SMARTS) is 1. The number of halogens is 1. The maximum atomic E-state index is 13.8. The van der Waals surface area contributed by atoms with Crippen molar-refractivity contribution in [2.45, 2.75) is 38.6 Å². The number of amides is 2. The van der Waals surface area contributed by atoms with Gasteiger partial charge in [0.2, 0.25) is 0 Å². The number of rotatable bonds is 2. The highest BCUT2D eigenvalue weighted by Crippen LogP contribution is 2.20. The Morgan fingerprint density at radius 1 is 1.33 bits per heavy atom. The molecule has 0 aliphatic carbocycles. The maximum absolute atomic E-state index is 13.8. The van der Waals surface area contributed by atoms with Gasteiger partial charge >= 0.3 is 12.0 Å². The number of nitrogens with zero attached hydrogens (tertiary/aromatic N) is 1. The Balaban J connectivity index is 2.14. The van der Waals surface area contributed by atoms with Gasteiger partial charge in [-0.2, -0.15) is 0 Å². The quantitative estimate of drug-likeness (QED) is 0.881. The van der Waals surface area contributed by atoms with E-state index in [1.54, 1.807) is 13.0 Å². The number of urea groups is 1. The number of aliphatic carboxylic acids is 1. The van der Waals surface area contributed by atoms with Crippen LogP contribution in [0.1, 0.15) is 31.2 Å². The molecule has 114 valence electrons. The van der Waals surface area contributed by atoms with Gasteiger partial charge in [-0.1, -0.05) is 18.9 Å². The van der Waals surface area contributed by atoms with E-state index in [1.165, 1.54) is 17.0 Å². The average Bonchev–Trinajstić information content (AvgIpc) is 2.67. The molecule has 2 N–H and O–H groups in total. The summed E-state index contributed by atoms with van der Waals surface area (Å²) in [6, 6.07) is 3.09. The van der Waals surface area contributed by atoms with E-state index in [2.05, 4.69) is 5.32 Å². The third kappa shape index (κ3) is 3.71. The van der Waals surface area contributed by atoms with Crippen LogP contribution in [0.3, 0.4) is 0 Å². The van der Waals surface area contributed by atoms with Crippen molar-refractivity contribution < 1.29 is 19.1 Å². The molecular formula is C15H19FN2O3. The second-order valence-corrected chi connectivity index (χ2v) is 5.31. The van der Waals surface area contributed by atoms with Crippen molar-refractivity contribution in [2.75, 3.05) is 11.9 Å². The van der Waals surface area contributed by atoms with Gasteiger partial charge in [0.05, 0.1) is 5.69 Å². The van der Waals surface area contributed by atoms with Crippen LogP contribution >= 0.6 is 0 Å². The Morgan fingerprint density at radius 3 is 2.76 bits per heavy atom. The molecule has 1 heterocycles. The fraction of sp³-hybridized carbons (Fsp3) is 0.467. The van der Waals surface area contributed by atoms with Crippen LogP contribution in [0, 0.1) is 12.7 Å². The summed E-state index contributed by atoms with van der Waals surface area (Å²) in [6.45, 7) is 2.13. The highest BCUT2D eigenvalue weighted by molar-refractivity contribution is 5.92. The van der Waals surface area contributed by atoms with Crippen molar-refractivity contribution >= 4 is 17.7 Å². The van der Waals surface area contributed by atoms with Crippen LogP contribution in [0.5, 0.6) is 0 Å². The van der Waals surface area contributed by atoms with Gasteiger partial charge in [0.1, 0.15) is 11.9 Å². The predicted octanol–water partition coefficient (Wildman–Crippen LogP) is 3.00. The van der Waals surface area contributed by atoms with Gasteiger partial charge in [0, 0.05) is 6.54 Å². The van der Waals surface area contributed by atoms with Crippen LogP contribution in [-0.4, -0.2) is 34.6 Å². The molecule has 2 amide bonds. The molecule has 0 saturated carbocycles. The van der Waals surface area contributed by atoms with Crippen molar-refractivity contribution in [1.29, 1.82) is 0 Å². The van der Waals surface area contributed by atoms with Crippen LogP contribution in [0.2, 0.25) is 0 Å². The molecule has 6 heteroatoms. The summed E-state index contributed by atoms with van der Waals surface area (Å²) in [5.41, 5.74) is 0.822. The first-order valence-corrected chi connectivity index (χ1v) is 7.05. The zero-order chi connectivity index (χ0) is 15.4. The minimum absolute atomic E-state index is 0.0685. The topological polar surface area (TPSA) is 69.6 Å². The van der Waals surface area contributed by atoms with Crippen molar-refractivity contribution in [3.8, 4) is 0 Å². The van der Waals surface area contributed by atoms with Crippen molar-refractivity contribution in [1.82, 2.24) is 4.90 Å². The fourth-order valence-electron chi connectivity index (χ4n) is 2.52. The normalized spacial score (nSPS) is 19.0. The summed E-state index contributed by atoms with van der Waals surface area (Å²) in [5, 5.41) is 11.7. The van der Waals surface area contributed by atoms with E-state index in [0.29, 0.717) is 13.0 Å². The van der Waals surface area contributed by atoms with Gasteiger partial charge in [0.25, 0.3) is 0 Å². The van der Waals surface area contributed by atoms with E-state index in [1.807, 2.05) is 0 Å². The summed E-state index contributed by atoms with van der Waals surface area (Å²) in [6.07, 6.45) is 2.86. The molecule has 0 aromatic heterocycles. The van der Waals surface area contributed by atoms with Crippen molar-refractivity contribution in [3.63, 3.8) is 0 Å². The molecule has 21 heavy (non-hydrogen) atoms. The molecule has 1 aromatic carbocycles. The number of hydrogen-bond acceptors (Lipinski definition) is 2. The number of likely N-dealkylation sites (tertiary alicyclic amines) is 1. The van der Waals surface area contributed by atoms with Crippen LogP contribution in [0.4, 0.5) is 14.9 Å². The Hall–Kier alpha value is -2.11. The van der Waals surface area contributed by atoms with Crippen LogP contribution < -0.4 is 5.32 Å². The third-order valence-electron chi connectivity index (χ3n) is 3.66. The van der Waals surface area contributed by atoms with Crippen LogP contribution in [0.15, 0.2) is 18.2 Å². The molecule has 0 spiro atoms. The lowest BCUT2D eigenvalue weighted by atomic mass is 10.1. The van der Waals surface area contributed by atoms with Gasteiger partial charge in [-0.25, -0.2) is 14.0 Å². The molecule has 1 atom stereocenters. The van der Waals surface area contributed by atoms with E-state index in [9.17, 15) is 19.1 Å². The zero-order valence-corrected chi connectivity index (χ0v) is 11.9. The van der Waals surface area contributed by atoms with Crippen LogP contribution in [-0.2, 0) is 4.79 Å². The first-order valence-electron chi connectivity index (χ1n) is 7.05. The average molecular weight is 294 g/mol. The number of hydrogen-bond donors (Lipinski definition) is 2. The number of carboxylic acids is 1. The molecule has 1 fully saturated rings. The van der Waals surface area contributed by atoms with Gasteiger partial charge in [-0.3, -0.25) is 0 Å². The Morgan fingerprint density at radius 2 is 2.10 bits per heavy atom. The molecule has 0 radical (unpaired) electrons. The molecule has 1 aliphatic rings. The maximum Gasteiger partial charge on any atom is 0.326 e. The lowest BCUT2D eigenvalue weighted by Gasteiger charge is -2.27. The van der Waals surface area contributed by atoms with Crippen molar-refractivity contribution in [2.24, 2.45) is 0 Å². The lowest BCUT2D eigenvalue weighted by Crippen LogP contribution is -2.46. The molecule has 1 saturated heterocycles. The summed E-state index contributed by atoms with van der Waals surface area (Å²) in [7, 11) is 0. The van der Waals surface area contributed by atoms with Gasteiger partial charge in [-0.15, -0.1) is 0 Å². The fourth-order valence-corrected chi connectivity index (χ4v) is 2.52. The number of aryl methyl sites for hydroxylation is 1. The zero-order valence-electron chi connectivity index (χ0n) is 11.9. The third-order valence-corrected chi connectivity index (χ3v) is 3.66. The molecule has 1 aliphatic heterocycles. The standard InChI is InChI=1S/C15H19FN2O3/c1-10-6-7-12(11(16)9-10)17-15(21)18-8-4-2-3-5-13(18)14(19)20/h6-7,9,13H,2-5,8H2,1H3,(H,17,21)(H,19,20). The number of nitrogens with one attached hydrogen (secondary N) is 1. The SMILES string of the molecule is Cc1ccc(NC(=O)N2CCCCCC2C(=O)O)c(F)c1. The highest BCUT2D eigenvalue weighted by atomic mass is 19.1. The molecule has 5 nitrogen and oxygen atoms in total. The minimum Gasteiger partial charge on any atom is -0.480 e. The largest absolute Gasteiger partial charge is 0.480 e. The minimum atomic E-state index is -1.02. The highest BCUT2D eigenvalue weighted by Gasteiger charge is 2.31. The number of carbonyl (C=O) groups excluding carboxylic acids is 1. The number of anilines is 1. The van der Waals surface area contributed by atoms with E-state index in [4.69, 9.17) is 0 Å². The number of carbonyl (C=O) groups is 2. The monoisotopic (exact) mass is 294 g/mol. The first kappa shape index (κ1) is 15.3. The van der Waals surface area contributed by atoms with Gasteiger partial charge in [0.15, 0.2) is 0 Å². The van der Waals surface area contributed by atoms with Gasteiger partial charge in [-0.05, 0) is 37.5 Å². The summed E-state index contributed by atoms with van der Waals surface area (Å²) in [4.78, 5) is 24.8. The first-order chi connectivity index (χ1) is 9.99. The lowest BCUT2D eigenvalue weighted by molar-refractivity contribution is -0.142.